The summed E-state index contributed by atoms with van der Waals surface area (Å²) in [6.07, 6.45) is 0.125. The SMILES string of the molecule is Cc1ccc(C(O)CCOc2ccccc2)cc1C. The molecule has 2 nitrogen and oxygen atoms in total. The van der Waals surface area contributed by atoms with Gasteiger partial charge in [0.05, 0.1) is 12.7 Å². The minimum atomic E-state index is -0.469. The molecule has 1 unspecified atom stereocenters. The van der Waals surface area contributed by atoms with Crippen LogP contribution in [-0.2, 0) is 0 Å². The van der Waals surface area contributed by atoms with Gasteiger partial charge in [-0.05, 0) is 42.7 Å². The molecule has 1 atom stereocenters. The van der Waals surface area contributed by atoms with Gasteiger partial charge < -0.3 is 9.84 Å². The van der Waals surface area contributed by atoms with E-state index in [1.165, 1.54) is 11.1 Å². The number of aliphatic hydroxyl groups is 1. The van der Waals surface area contributed by atoms with Gasteiger partial charge in [0.2, 0.25) is 0 Å². The predicted molar refractivity (Wildman–Crippen MR) is 77.4 cm³/mol. The molecule has 0 bridgehead atoms. The second-order valence-corrected chi connectivity index (χ2v) is 4.81. The molecule has 0 aliphatic heterocycles. The van der Waals surface area contributed by atoms with Gasteiger partial charge in [0.15, 0.2) is 0 Å². The van der Waals surface area contributed by atoms with E-state index in [0.29, 0.717) is 13.0 Å². The second kappa shape index (κ2) is 6.39. The van der Waals surface area contributed by atoms with E-state index in [1.807, 2.05) is 48.5 Å². The van der Waals surface area contributed by atoms with Gasteiger partial charge in [-0.25, -0.2) is 0 Å². The minimum Gasteiger partial charge on any atom is -0.493 e. The maximum atomic E-state index is 10.1. The predicted octanol–water partition coefficient (Wildman–Crippen LogP) is 3.81. The molecule has 0 heterocycles. The molecule has 0 aromatic heterocycles. The van der Waals surface area contributed by atoms with Gasteiger partial charge in [-0.3, -0.25) is 0 Å². The van der Waals surface area contributed by atoms with Crippen LogP contribution < -0.4 is 4.74 Å². The molecule has 0 saturated heterocycles. The van der Waals surface area contributed by atoms with Crippen LogP contribution in [0.15, 0.2) is 48.5 Å². The number of rotatable bonds is 5. The van der Waals surface area contributed by atoms with Crippen LogP contribution in [0.5, 0.6) is 5.75 Å². The summed E-state index contributed by atoms with van der Waals surface area (Å²) in [4.78, 5) is 0. The molecule has 0 aliphatic carbocycles. The van der Waals surface area contributed by atoms with Crippen molar-refractivity contribution in [3.05, 3.63) is 65.2 Å². The summed E-state index contributed by atoms with van der Waals surface area (Å²) in [5.41, 5.74) is 3.41. The van der Waals surface area contributed by atoms with Gasteiger partial charge in [0, 0.05) is 6.42 Å². The van der Waals surface area contributed by atoms with Gasteiger partial charge in [-0.2, -0.15) is 0 Å². The summed E-state index contributed by atoms with van der Waals surface area (Å²) in [5, 5.41) is 10.1. The smallest absolute Gasteiger partial charge is 0.119 e. The highest BCUT2D eigenvalue weighted by Gasteiger charge is 2.08. The zero-order chi connectivity index (χ0) is 13.7. The Balaban J connectivity index is 1.87. The lowest BCUT2D eigenvalue weighted by Gasteiger charge is -2.13. The Morgan fingerprint density at radius 1 is 1.00 bits per heavy atom. The zero-order valence-corrected chi connectivity index (χ0v) is 11.5. The first-order valence-electron chi connectivity index (χ1n) is 6.60. The van der Waals surface area contributed by atoms with Crippen molar-refractivity contribution in [2.45, 2.75) is 26.4 Å². The van der Waals surface area contributed by atoms with E-state index in [4.69, 9.17) is 4.74 Å². The number of para-hydroxylation sites is 1. The van der Waals surface area contributed by atoms with E-state index >= 15 is 0 Å². The molecule has 100 valence electrons. The van der Waals surface area contributed by atoms with E-state index in [9.17, 15) is 5.11 Å². The van der Waals surface area contributed by atoms with Gasteiger partial charge in [0.1, 0.15) is 5.75 Å². The lowest BCUT2D eigenvalue weighted by Crippen LogP contribution is -2.05. The number of ether oxygens (including phenoxy) is 1. The average molecular weight is 256 g/mol. The number of hydrogen-bond acceptors (Lipinski definition) is 2. The molecule has 1 N–H and O–H groups in total. The van der Waals surface area contributed by atoms with Crippen molar-refractivity contribution in [2.75, 3.05) is 6.61 Å². The lowest BCUT2D eigenvalue weighted by molar-refractivity contribution is 0.140. The van der Waals surface area contributed by atoms with E-state index < -0.39 is 6.10 Å². The van der Waals surface area contributed by atoms with E-state index in [1.54, 1.807) is 0 Å². The van der Waals surface area contributed by atoms with Crippen molar-refractivity contribution in [1.82, 2.24) is 0 Å². The summed E-state index contributed by atoms with van der Waals surface area (Å²) in [5.74, 6) is 0.842. The molecule has 0 saturated carbocycles. The van der Waals surface area contributed by atoms with E-state index in [2.05, 4.69) is 13.8 Å². The van der Waals surface area contributed by atoms with Crippen molar-refractivity contribution in [1.29, 1.82) is 0 Å². The summed E-state index contributed by atoms with van der Waals surface area (Å²) in [6, 6.07) is 15.7. The number of aryl methyl sites for hydroxylation is 2. The molecule has 2 rings (SSSR count). The number of hydrogen-bond donors (Lipinski definition) is 1. The number of aliphatic hydroxyl groups excluding tert-OH is 1. The van der Waals surface area contributed by atoms with Crippen molar-refractivity contribution < 1.29 is 9.84 Å². The zero-order valence-electron chi connectivity index (χ0n) is 11.5. The van der Waals surface area contributed by atoms with Gasteiger partial charge in [-0.15, -0.1) is 0 Å². The fraction of sp³-hybridized carbons (Fsp3) is 0.294. The Hall–Kier alpha value is -1.80. The second-order valence-electron chi connectivity index (χ2n) is 4.81. The van der Waals surface area contributed by atoms with Crippen molar-refractivity contribution in [2.24, 2.45) is 0 Å². The van der Waals surface area contributed by atoms with E-state index in [-0.39, 0.29) is 0 Å². The summed E-state index contributed by atoms with van der Waals surface area (Å²) in [6.45, 7) is 4.65. The van der Waals surface area contributed by atoms with Crippen LogP contribution in [0.25, 0.3) is 0 Å². The van der Waals surface area contributed by atoms with E-state index in [0.717, 1.165) is 11.3 Å². The topological polar surface area (TPSA) is 29.5 Å². The molecule has 2 aromatic rings. The fourth-order valence-electron chi connectivity index (χ4n) is 1.94. The van der Waals surface area contributed by atoms with Crippen molar-refractivity contribution >= 4 is 0 Å². The van der Waals surface area contributed by atoms with Crippen molar-refractivity contribution in [3.8, 4) is 5.75 Å². The molecular formula is C17H20O2. The minimum absolute atomic E-state index is 0.469. The standard InChI is InChI=1S/C17H20O2/c1-13-8-9-15(12-14(13)2)17(18)10-11-19-16-6-4-3-5-7-16/h3-9,12,17-18H,10-11H2,1-2H3. The van der Waals surface area contributed by atoms with Crippen LogP contribution in [-0.4, -0.2) is 11.7 Å². The van der Waals surface area contributed by atoms with Gasteiger partial charge in [0.25, 0.3) is 0 Å². The van der Waals surface area contributed by atoms with Gasteiger partial charge >= 0.3 is 0 Å². The lowest BCUT2D eigenvalue weighted by atomic mass is 10.0. The molecule has 0 spiro atoms. The Morgan fingerprint density at radius 2 is 1.74 bits per heavy atom. The first kappa shape index (κ1) is 13.6. The highest BCUT2D eigenvalue weighted by molar-refractivity contribution is 5.31. The van der Waals surface area contributed by atoms with Crippen molar-refractivity contribution in [3.63, 3.8) is 0 Å². The average Bonchev–Trinajstić information content (AvgIpc) is 2.43. The Morgan fingerprint density at radius 3 is 2.42 bits per heavy atom. The van der Waals surface area contributed by atoms with Crippen LogP contribution >= 0.6 is 0 Å². The molecule has 2 aromatic carbocycles. The third-order valence-electron chi connectivity index (χ3n) is 3.32. The first-order chi connectivity index (χ1) is 9.16. The molecular weight excluding hydrogens is 236 g/mol. The largest absolute Gasteiger partial charge is 0.493 e. The molecule has 2 heteroatoms. The van der Waals surface area contributed by atoms with Crippen LogP contribution in [0.4, 0.5) is 0 Å². The monoisotopic (exact) mass is 256 g/mol. The third kappa shape index (κ3) is 3.83. The molecule has 0 aliphatic rings. The fourth-order valence-corrected chi connectivity index (χ4v) is 1.94. The summed E-state index contributed by atoms with van der Waals surface area (Å²) < 4.78 is 5.59. The molecule has 0 radical (unpaired) electrons. The quantitative estimate of drug-likeness (QED) is 0.881. The Bertz CT molecular complexity index is 520. The first-order valence-corrected chi connectivity index (χ1v) is 6.60. The van der Waals surface area contributed by atoms with Crippen LogP contribution in [0.1, 0.15) is 29.2 Å². The maximum Gasteiger partial charge on any atom is 0.119 e. The Labute approximate surface area is 114 Å². The molecule has 0 fully saturated rings. The normalized spacial score (nSPS) is 12.2. The number of benzene rings is 2. The third-order valence-corrected chi connectivity index (χ3v) is 3.32. The molecule has 0 amide bonds. The van der Waals surface area contributed by atoms with Crippen LogP contribution in [0.2, 0.25) is 0 Å². The molecule has 19 heavy (non-hydrogen) atoms. The summed E-state index contributed by atoms with van der Waals surface area (Å²) in [7, 11) is 0. The Kier molecular flexibility index (Phi) is 4.58. The van der Waals surface area contributed by atoms with Crippen LogP contribution in [0.3, 0.4) is 0 Å². The van der Waals surface area contributed by atoms with Gasteiger partial charge in [-0.1, -0.05) is 36.4 Å². The highest BCUT2D eigenvalue weighted by Crippen LogP contribution is 2.20. The maximum absolute atomic E-state index is 10.1. The van der Waals surface area contributed by atoms with Crippen LogP contribution in [0, 0.1) is 13.8 Å². The highest BCUT2D eigenvalue weighted by atomic mass is 16.5. The summed E-state index contributed by atoms with van der Waals surface area (Å²) >= 11 is 0.